The number of hydrogen-bond acceptors (Lipinski definition) is 6. The van der Waals surface area contributed by atoms with Gasteiger partial charge in [0.05, 0.1) is 12.7 Å². The number of nitrogens with zero attached hydrogens (tertiary/aromatic N) is 1. The maximum atomic E-state index is 12.3. The minimum absolute atomic E-state index is 0.0454. The molecule has 2 aliphatic heterocycles. The summed E-state index contributed by atoms with van der Waals surface area (Å²) < 4.78 is 22.0. The second kappa shape index (κ2) is 7.15. The molecule has 7 nitrogen and oxygen atoms in total. The number of rotatable bonds is 6. The zero-order valence-electron chi connectivity index (χ0n) is 15.7. The topological polar surface area (TPSA) is 80.8 Å². The smallest absolute Gasteiger partial charge is 0.412 e. The van der Waals surface area contributed by atoms with Crippen molar-refractivity contribution in [1.29, 1.82) is 0 Å². The van der Waals surface area contributed by atoms with Gasteiger partial charge in [-0.2, -0.15) is 0 Å². The predicted molar refractivity (Wildman–Crippen MR) is 87.3 cm³/mol. The summed E-state index contributed by atoms with van der Waals surface area (Å²) in [5.41, 5.74) is 0. The van der Waals surface area contributed by atoms with E-state index >= 15 is 0 Å². The SMILES string of the molecule is CC(C)N(C(=O)O[C@@H]1O[C@@H]1[C@H](C)[C@H](O)[C@H]1COC(C)(C)O1)C(C)C. The molecular weight excluding hydrogens is 314 g/mol. The fourth-order valence-electron chi connectivity index (χ4n) is 3.17. The Balaban J connectivity index is 1.85. The van der Waals surface area contributed by atoms with Gasteiger partial charge in [0.2, 0.25) is 6.29 Å². The number of ether oxygens (including phenoxy) is 4. The molecule has 5 atom stereocenters. The number of carbonyl (C=O) groups excluding carboxylic acids is 1. The van der Waals surface area contributed by atoms with Gasteiger partial charge in [-0.05, 0) is 41.5 Å². The van der Waals surface area contributed by atoms with Gasteiger partial charge in [0, 0.05) is 18.0 Å². The highest BCUT2D eigenvalue weighted by atomic mass is 16.8. The van der Waals surface area contributed by atoms with Crippen molar-refractivity contribution in [1.82, 2.24) is 4.90 Å². The molecule has 0 aromatic rings. The van der Waals surface area contributed by atoms with Gasteiger partial charge in [-0.25, -0.2) is 4.79 Å². The molecule has 2 rings (SSSR count). The van der Waals surface area contributed by atoms with Gasteiger partial charge >= 0.3 is 6.09 Å². The van der Waals surface area contributed by atoms with Gasteiger partial charge in [0.25, 0.3) is 0 Å². The number of amides is 1. The normalized spacial score (nSPS) is 31.2. The Hall–Kier alpha value is -0.890. The molecule has 0 spiro atoms. The van der Waals surface area contributed by atoms with Gasteiger partial charge in [-0.15, -0.1) is 0 Å². The molecule has 2 heterocycles. The van der Waals surface area contributed by atoms with Gasteiger partial charge in [-0.3, -0.25) is 0 Å². The first kappa shape index (κ1) is 19.4. The summed E-state index contributed by atoms with van der Waals surface area (Å²) in [5.74, 6) is -0.909. The van der Waals surface area contributed by atoms with Crippen LogP contribution < -0.4 is 0 Å². The van der Waals surface area contributed by atoms with E-state index in [0.29, 0.717) is 6.61 Å². The molecule has 140 valence electrons. The molecule has 0 aromatic heterocycles. The van der Waals surface area contributed by atoms with Crippen LogP contribution in [0.2, 0.25) is 0 Å². The number of hydrogen-bond donors (Lipinski definition) is 1. The number of carbonyl (C=O) groups is 1. The first-order chi connectivity index (χ1) is 11.0. The monoisotopic (exact) mass is 345 g/mol. The standard InChI is InChI=1S/C17H31NO6/c1-9(2)18(10(3)4)16(20)23-15-14(22-15)11(5)13(19)12-8-21-17(6,7)24-12/h9-15,19H,8H2,1-7H3/t11-,12-,13+,14-,15+/m1/s1. The van der Waals surface area contributed by atoms with E-state index < -0.39 is 30.4 Å². The highest BCUT2D eigenvalue weighted by molar-refractivity contribution is 5.68. The summed E-state index contributed by atoms with van der Waals surface area (Å²) >= 11 is 0. The largest absolute Gasteiger partial charge is 0.417 e. The highest BCUT2D eigenvalue weighted by Crippen LogP contribution is 2.36. The highest BCUT2D eigenvalue weighted by Gasteiger charge is 2.52. The first-order valence-corrected chi connectivity index (χ1v) is 8.67. The van der Waals surface area contributed by atoms with E-state index in [1.807, 2.05) is 48.5 Å². The average molecular weight is 345 g/mol. The van der Waals surface area contributed by atoms with Crippen LogP contribution in [-0.4, -0.2) is 65.2 Å². The molecule has 0 saturated carbocycles. The molecule has 0 radical (unpaired) electrons. The Labute approximate surface area is 144 Å². The van der Waals surface area contributed by atoms with Crippen LogP contribution in [0.25, 0.3) is 0 Å². The number of aliphatic hydroxyl groups excluding tert-OH is 1. The number of aliphatic hydroxyl groups is 1. The Morgan fingerprint density at radius 3 is 2.25 bits per heavy atom. The van der Waals surface area contributed by atoms with Crippen molar-refractivity contribution in [3.05, 3.63) is 0 Å². The Morgan fingerprint density at radius 1 is 1.21 bits per heavy atom. The molecule has 1 N–H and O–H groups in total. The lowest BCUT2D eigenvalue weighted by atomic mass is 9.96. The fraction of sp³-hybridized carbons (Fsp3) is 0.941. The van der Waals surface area contributed by atoms with Crippen molar-refractivity contribution in [3.63, 3.8) is 0 Å². The molecule has 24 heavy (non-hydrogen) atoms. The molecule has 0 bridgehead atoms. The Morgan fingerprint density at radius 2 is 1.79 bits per heavy atom. The van der Waals surface area contributed by atoms with Gasteiger partial charge in [-0.1, -0.05) is 6.92 Å². The van der Waals surface area contributed by atoms with Crippen LogP contribution in [0.3, 0.4) is 0 Å². The van der Waals surface area contributed by atoms with Crippen LogP contribution in [0.4, 0.5) is 4.79 Å². The quantitative estimate of drug-likeness (QED) is 0.743. The van der Waals surface area contributed by atoms with Crippen molar-refractivity contribution in [3.8, 4) is 0 Å². The molecule has 0 aliphatic carbocycles. The van der Waals surface area contributed by atoms with E-state index in [9.17, 15) is 9.90 Å². The Bertz CT molecular complexity index is 444. The van der Waals surface area contributed by atoms with E-state index in [2.05, 4.69) is 0 Å². The molecule has 2 aliphatic rings. The van der Waals surface area contributed by atoms with Gasteiger partial charge in [0.1, 0.15) is 12.2 Å². The summed E-state index contributed by atoms with van der Waals surface area (Å²) in [6.07, 6.45) is -2.48. The first-order valence-electron chi connectivity index (χ1n) is 8.67. The predicted octanol–water partition coefficient (Wildman–Crippen LogP) is 2.12. The summed E-state index contributed by atoms with van der Waals surface area (Å²) in [7, 11) is 0. The second-order valence-electron chi connectivity index (χ2n) is 7.66. The number of epoxide rings is 1. The van der Waals surface area contributed by atoms with Crippen molar-refractivity contribution in [2.75, 3.05) is 6.61 Å². The zero-order chi connectivity index (χ0) is 18.2. The van der Waals surface area contributed by atoms with Crippen molar-refractivity contribution in [2.24, 2.45) is 5.92 Å². The third-order valence-corrected chi connectivity index (χ3v) is 4.49. The molecule has 0 unspecified atom stereocenters. The maximum absolute atomic E-state index is 12.3. The van der Waals surface area contributed by atoms with Gasteiger partial charge < -0.3 is 29.0 Å². The molecule has 2 fully saturated rings. The summed E-state index contributed by atoms with van der Waals surface area (Å²) in [5, 5.41) is 10.5. The van der Waals surface area contributed by atoms with E-state index in [0.717, 1.165) is 0 Å². The Kier molecular flexibility index (Phi) is 5.79. The summed E-state index contributed by atoms with van der Waals surface area (Å²) in [4.78, 5) is 13.9. The zero-order valence-corrected chi connectivity index (χ0v) is 15.7. The van der Waals surface area contributed by atoms with Crippen molar-refractivity contribution in [2.45, 2.75) is 90.9 Å². The summed E-state index contributed by atoms with van der Waals surface area (Å²) in [6.45, 7) is 13.6. The molecule has 2 saturated heterocycles. The average Bonchev–Trinajstić information content (AvgIpc) is 3.10. The third kappa shape index (κ3) is 4.39. The van der Waals surface area contributed by atoms with E-state index in [1.165, 1.54) is 0 Å². The maximum Gasteiger partial charge on any atom is 0.412 e. The van der Waals surface area contributed by atoms with Crippen LogP contribution in [-0.2, 0) is 18.9 Å². The summed E-state index contributed by atoms with van der Waals surface area (Å²) in [6, 6.07) is 0.0907. The lowest BCUT2D eigenvalue weighted by molar-refractivity contribution is -0.155. The van der Waals surface area contributed by atoms with Crippen molar-refractivity contribution >= 4 is 6.09 Å². The van der Waals surface area contributed by atoms with Gasteiger partial charge in [0.15, 0.2) is 5.79 Å². The third-order valence-electron chi connectivity index (χ3n) is 4.49. The second-order valence-corrected chi connectivity index (χ2v) is 7.66. The van der Waals surface area contributed by atoms with Crippen LogP contribution in [0.15, 0.2) is 0 Å². The lowest BCUT2D eigenvalue weighted by Gasteiger charge is -2.29. The van der Waals surface area contributed by atoms with E-state index in [1.54, 1.807) is 4.90 Å². The van der Waals surface area contributed by atoms with Crippen LogP contribution >= 0.6 is 0 Å². The molecular formula is C17H31NO6. The van der Waals surface area contributed by atoms with E-state index in [-0.39, 0.29) is 24.1 Å². The minimum Gasteiger partial charge on any atom is -0.417 e. The van der Waals surface area contributed by atoms with Crippen LogP contribution in [0.5, 0.6) is 0 Å². The lowest BCUT2D eigenvalue weighted by Crippen LogP contribution is -2.43. The molecule has 1 amide bonds. The molecule has 7 heteroatoms. The van der Waals surface area contributed by atoms with E-state index in [4.69, 9.17) is 18.9 Å². The molecule has 0 aromatic carbocycles. The van der Waals surface area contributed by atoms with Crippen LogP contribution in [0.1, 0.15) is 48.5 Å². The fourth-order valence-corrected chi connectivity index (χ4v) is 3.17. The minimum atomic E-state index is -0.744. The van der Waals surface area contributed by atoms with Crippen molar-refractivity contribution < 1.29 is 28.8 Å². The van der Waals surface area contributed by atoms with Crippen LogP contribution in [0, 0.1) is 5.92 Å².